The lowest BCUT2D eigenvalue weighted by molar-refractivity contribution is -0.0254. The van der Waals surface area contributed by atoms with Crippen LogP contribution in [0.5, 0.6) is 0 Å². The van der Waals surface area contributed by atoms with Crippen molar-refractivity contribution in [1.29, 1.82) is 0 Å². The van der Waals surface area contributed by atoms with Crippen LogP contribution in [0.2, 0.25) is 0 Å². The van der Waals surface area contributed by atoms with Crippen molar-refractivity contribution in [1.82, 2.24) is 6.15 Å². The summed E-state index contributed by atoms with van der Waals surface area (Å²) in [6, 6.07) is 0. The summed E-state index contributed by atoms with van der Waals surface area (Å²) in [5.41, 5.74) is 0. The number of hydrogen-bond donors (Lipinski definition) is 1. The van der Waals surface area contributed by atoms with Crippen LogP contribution in [-0.2, 0) is 9.47 Å². The van der Waals surface area contributed by atoms with Crippen LogP contribution >= 0.6 is 0 Å². The molecular formula is C4H11NO2. The Balaban J connectivity index is 0.000000360. The fourth-order valence-electron chi connectivity index (χ4n) is 0.476. The van der Waals surface area contributed by atoms with Gasteiger partial charge in [0, 0.05) is 0 Å². The van der Waals surface area contributed by atoms with Gasteiger partial charge in [0.1, 0.15) is 0 Å². The van der Waals surface area contributed by atoms with E-state index in [9.17, 15) is 0 Å². The standard InChI is InChI=1S/C4H8O2.H3N/c1-4-5-2-3-6-4;/h4H,2-3H2,1H3;1H3. The first-order valence-corrected chi connectivity index (χ1v) is 2.13. The van der Waals surface area contributed by atoms with E-state index in [-0.39, 0.29) is 12.4 Å². The summed E-state index contributed by atoms with van der Waals surface area (Å²) in [7, 11) is 0. The van der Waals surface area contributed by atoms with Crippen molar-refractivity contribution in [3.8, 4) is 0 Å². The highest BCUT2D eigenvalue weighted by atomic mass is 16.7. The van der Waals surface area contributed by atoms with Gasteiger partial charge < -0.3 is 15.6 Å². The summed E-state index contributed by atoms with van der Waals surface area (Å²) in [5, 5.41) is 0. The van der Waals surface area contributed by atoms with Gasteiger partial charge in [0.05, 0.1) is 13.2 Å². The van der Waals surface area contributed by atoms with Crippen molar-refractivity contribution in [2.45, 2.75) is 13.2 Å². The Morgan fingerprint density at radius 3 is 1.86 bits per heavy atom. The molecular weight excluding hydrogens is 94.0 g/mol. The lowest BCUT2D eigenvalue weighted by Crippen LogP contribution is -1.97. The average Bonchev–Trinajstić information content (AvgIpc) is 1.86. The zero-order valence-electron chi connectivity index (χ0n) is 4.52. The molecule has 1 heterocycles. The third-order valence-corrected chi connectivity index (χ3v) is 0.788. The van der Waals surface area contributed by atoms with Crippen LogP contribution in [0.1, 0.15) is 6.92 Å². The molecule has 0 amide bonds. The Hall–Kier alpha value is -0.120. The molecule has 0 radical (unpaired) electrons. The van der Waals surface area contributed by atoms with Crippen molar-refractivity contribution >= 4 is 0 Å². The minimum atomic E-state index is 0. The highest BCUT2D eigenvalue weighted by Crippen LogP contribution is 1.99. The molecule has 1 aliphatic heterocycles. The quantitative estimate of drug-likeness (QED) is 0.489. The first-order valence-electron chi connectivity index (χ1n) is 2.13. The Bertz CT molecular complexity index is 43.0. The molecule has 3 heteroatoms. The highest BCUT2D eigenvalue weighted by molar-refractivity contribution is 4.40. The van der Waals surface area contributed by atoms with E-state index >= 15 is 0 Å². The molecule has 0 aromatic carbocycles. The Kier molecular flexibility index (Phi) is 2.91. The van der Waals surface area contributed by atoms with Crippen molar-refractivity contribution in [2.24, 2.45) is 0 Å². The number of hydrogen-bond acceptors (Lipinski definition) is 3. The van der Waals surface area contributed by atoms with E-state index in [0.29, 0.717) is 0 Å². The summed E-state index contributed by atoms with van der Waals surface area (Å²) >= 11 is 0. The third-order valence-electron chi connectivity index (χ3n) is 0.788. The molecule has 1 rings (SSSR count). The second-order valence-electron chi connectivity index (χ2n) is 1.31. The summed E-state index contributed by atoms with van der Waals surface area (Å²) < 4.78 is 9.86. The molecule has 0 bridgehead atoms. The fraction of sp³-hybridized carbons (Fsp3) is 1.00. The van der Waals surface area contributed by atoms with Gasteiger partial charge in [0.2, 0.25) is 0 Å². The van der Waals surface area contributed by atoms with E-state index in [2.05, 4.69) is 0 Å². The van der Waals surface area contributed by atoms with Crippen LogP contribution < -0.4 is 6.15 Å². The van der Waals surface area contributed by atoms with Crippen LogP contribution in [0.3, 0.4) is 0 Å². The molecule has 1 aliphatic rings. The molecule has 3 nitrogen and oxygen atoms in total. The zero-order chi connectivity index (χ0) is 4.41. The van der Waals surface area contributed by atoms with Crippen LogP contribution in [0.25, 0.3) is 0 Å². The molecule has 0 aliphatic carbocycles. The van der Waals surface area contributed by atoms with Crippen LogP contribution in [0.15, 0.2) is 0 Å². The predicted molar refractivity (Wildman–Crippen MR) is 26.4 cm³/mol. The molecule has 3 N–H and O–H groups in total. The van der Waals surface area contributed by atoms with Crippen molar-refractivity contribution < 1.29 is 9.47 Å². The van der Waals surface area contributed by atoms with Gasteiger partial charge in [-0.05, 0) is 6.92 Å². The molecule has 0 spiro atoms. The molecule has 1 saturated heterocycles. The third kappa shape index (κ3) is 1.87. The average molecular weight is 105 g/mol. The van der Waals surface area contributed by atoms with Gasteiger partial charge in [-0.15, -0.1) is 0 Å². The maximum atomic E-state index is 4.93. The van der Waals surface area contributed by atoms with Gasteiger partial charge in [-0.25, -0.2) is 0 Å². The first-order chi connectivity index (χ1) is 2.89. The van der Waals surface area contributed by atoms with Crippen molar-refractivity contribution in [2.75, 3.05) is 13.2 Å². The largest absolute Gasteiger partial charge is 0.351 e. The SMILES string of the molecule is CC1OCCO1.N. The minimum absolute atomic E-state index is 0. The Labute approximate surface area is 43.2 Å². The normalized spacial score (nSPS) is 21.9. The molecule has 0 saturated carbocycles. The number of ether oxygens (including phenoxy) is 2. The van der Waals surface area contributed by atoms with Gasteiger partial charge in [-0.1, -0.05) is 0 Å². The Morgan fingerprint density at radius 1 is 1.29 bits per heavy atom. The molecule has 44 valence electrons. The summed E-state index contributed by atoms with van der Waals surface area (Å²) in [6.45, 7) is 3.43. The minimum Gasteiger partial charge on any atom is -0.351 e. The van der Waals surface area contributed by atoms with Crippen molar-refractivity contribution in [3.63, 3.8) is 0 Å². The van der Waals surface area contributed by atoms with Crippen molar-refractivity contribution in [3.05, 3.63) is 0 Å². The fourth-order valence-corrected chi connectivity index (χ4v) is 0.476. The van der Waals surface area contributed by atoms with Gasteiger partial charge >= 0.3 is 0 Å². The molecule has 7 heavy (non-hydrogen) atoms. The van der Waals surface area contributed by atoms with E-state index in [1.165, 1.54) is 0 Å². The lowest BCUT2D eigenvalue weighted by Gasteiger charge is -1.94. The summed E-state index contributed by atoms with van der Waals surface area (Å²) in [5.74, 6) is 0. The molecule has 0 aromatic rings. The van der Waals surface area contributed by atoms with Gasteiger partial charge in [-0.2, -0.15) is 0 Å². The second kappa shape index (κ2) is 2.96. The van der Waals surface area contributed by atoms with E-state index in [1.54, 1.807) is 0 Å². The van der Waals surface area contributed by atoms with Crippen LogP contribution in [0, 0.1) is 0 Å². The summed E-state index contributed by atoms with van der Waals surface area (Å²) in [6.07, 6.45) is 0.0463. The van der Waals surface area contributed by atoms with E-state index in [1.807, 2.05) is 6.92 Å². The zero-order valence-corrected chi connectivity index (χ0v) is 4.52. The topological polar surface area (TPSA) is 53.5 Å². The van der Waals surface area contributed by atoms with E-state index < -0.39 is 0 Å². The van der Waals surface area contributed by atoms with Gasteiger partial charge in [0.25, 0.3) is 0 Å². The highest BCUT2D eigenvalue weighted by Gasteiger charge is 2.07. The van der Waals surface area contributed by atoms with E-state index in [0.717, 1.165) is 13.2 Å². The van der Waals surface area contributed by atoms with Gasteiger partial charge in [-0.3, -0.25) is 0 Å². The number of rotatable bonds is 0. The van der Waals surface area contributed by atoms with Gasteiger partial charge in [0.15, 0.2) is 6.29 Å². The Morgan fingerprint density at radius 2 is 1.71 bits per heavy atom. The lowest BCUT2D eigenvalue weighted by atomic mass is 10.8. The smallest absolute Gasteiger partial charge is 0.155 e. The maximum absolute atomic E-state index is 4.93. The molecule has 0 aromatic heterocycles. The second-order valence-corrected chi connectivity index (χ2v) is 1.31. The van der Waals surface area contributed by atoms with Crippen LogP contribution in [-0.4, -0.2) is 19.5 Å². The monoisotopic (exact) mass is 105 g/mol. The first kappa shape index (κ1) is 6.88. The van der Waals surface area contributed by atoms with Crippen LogP contribution in [0.4, 0.5) is 0 Å². The summed E-state index contributed by atoms with van der Waals surface area (Å²) in [4.78, 5) is 0. The predicted octanol–water partition coefficient (Wildman–Crippen LogP) is 0.541. The maximum Gasteiger partial charge on any atom is 0.155 e. The van der Waals surface area contributed by atoms with E-state index in [4.69, 9.17) is 9.47 Å². The molecule has 1 fully saturated rings. The molecule has 0 atom stereocenters. The molecule has 0 unspecified atom stereocenters.